The van der Waals surface area contributed by atoms with Crippen molar-refractivity contribution in [1.82, 2.24) is 0 Å². The topological polar surface area (TPSA) is 38.7 Å². The van der Waals surface area contributed by atoms with Gasteiger partial charge in [-0.1, -0.05) is 5.16 Å². The third kappa shape index (κ3) is 5.89. The average molecular weight is 195 g/mol. The van der Waals surface area contributed by atoms with E-state index in [0.29, 0.717) is 5.71 Å². The van der Waals surface area contributed by atoms with Crippen molar-refractivity contribution in [3.05, 3.63) is 11.9 Å². The van der Waals surface area contributed by atoms with E-state index in [1.165, 1.54) is 13.8 Å². The SMILES string of the molecule is CC(C)=NOC(=O)CC(F)=C(F)F. The van der Waals surface area contributed by atoms with Crippen molar-refractivity contribution >= 4 is 11.7 Å². The second-order valence-electron chi connectivity index (χ2n) is 2.34. The number of carbonyl (C=O) groups excluding carboxylic acids is 1. The predicted octanol–water partition coefficient (Wildman–Crippen LogP) is 2.39. The standard InChI is InChI=1S/C7H8F3NO2/c1-4(2)11-13-6(12)3-5(8)7(9)10/h3H2,1-2H3. The molecule has 0 rings (SSSR count). The van der Waals surface area contributed by atoms with Crippen molar-refractivity contribution in [3.63, 3.8) is 0 Å². The highest BCUT2D eigenvalue weighted by Crippen LogP contribution is 2.13. The van der Waals surface area contributed by atoms with Gasteiger partial charge in [-0.15, -0.1) is 0 Å². The van der Waals surface area contributed by atoms with Gasteiger partial charge >= 0.3 is 12.0 Å². The predicted molar refractivity (Wildman–Crippen MR) is 39.8 cm³/mol. The Kier molecular flexibility index (Phi) is 4.79. The Balaban J connectivity index is 4.04. The minimum Gasteiger partial charge on any atom is -0.318 e. The highest BCUT2D eigenvalue weighted by atomic mass is 19.3. The molecule has 74 valence electrons. The number of nitrogens with zero attached hydrogens (tertiary/aromatic N) is 1. The molecule has 0 aliphatic carbocycles. The Morgan fingerprint density at radius 1 is 1.31 bits per heavy atom. The lowest BCUT2D eigenvalue weighted by Crippen LogP contribution is -2.01. The first-order chi connectivity index (χ1) is 5.93. The van der Waals surface area contributed by atoms with Gasteiger partial charge in [-0.3, -0.25) is 0 Å². The van der Waals surface area contributed by atoms with Gasteiger partial charge in [-0.05, 0) is 13.8 Å². The van der Waals surface area contributed by atoms with E-state index in [2.05, 4.69) is 9.99 Å². The molecule has 0 saturated carbocycles. The number of carbonyl (C=O) groups is 1. The summed E-state index contributed by atoms with van der Waals surface area (Å²) in [6.45, 7) is 3.07. The smallest absolute Gasteiger partial charge is 0.318 e. The van der Waals surface area contributed by atoms with Crippen LogP contribution in [-0.2, 0) is 9.63 Å². The van der Waals surface area contributed by atoms with Crippen molar-refractivity contribution in [2.45, 2.75) is 20.3 Å². The lowest BCUT2D eigenvalue weighted by molar-refractivity contribution is -0.143. The van der Waals surface area contributed by atoms with Gasteiger partial charge in [-0.25, -0.2) is 9.18 Å². The van der Waals surface area contributed by atoms with Crippen LogP contribution in [-0.4, -0.2) is 11.7 Å². The molecule has 0 aromatic carbocycles. The summed E-state index contributed by atoms with van der Waals surface area (Å²) in [5.41, 5.74) is 0.429. The maximum absolute atomic E-state index is 12.1. The molecule has 0 saturated heterocycles. The largest absolute Gasteiger partial charge is 0.341 e. The molecular formula is C7H8F3NO2. The lowest BCUT2D eigenvalue weighted by Gasteiger charge is -1.95. The van der Waals surface area contributed by atoms with Gasteiger partial charge in [0.1, 0.15) is 6.42 Å². The van der Waals surface area contributed by atoms with Crippen molar-refractivity contribution in [2.75, 3.05) is 0 Å². The van der Waals surface area contributed by atoms with E-state index in [1.54, 1.807) is 0 Å². The van der Waals surface area contributed by atoms with E-state index in [4.69, 9.17) is 0 Å². The molecule has 0 fully saturated rings. The van der Waals surface area contributed by atoms with Gasteiger partial charge in [0.15, 0.2) is 5.83 Å². The van der Waals surface area contributed by atoms with Gasteiger partial charge in [-0.2, -0.15) is 8.78 Å². The number of oxime groups is 1. The Labute approximate surface area is 72.9 Å². The number of rotatable bonds is 3. The summed E-state index contributed by atoms with van der Waals surface area (Å²) in [7, 11) is 0. The van der Waals surface area contributed by atoms with Gasteiger partial charge in [0.2, 0.25) is 0 Å². The first-order valence-electron chi connectivity index (χ1n) is 3.34. The molecule has 0 radical (unpaired) electrons. The first kappa shape index (κ1) is 11.7. The summed E-state index contributed by atoms with van der Waals surface area (Å²) in [4.78, 5) is 14.6. The van der Waals surface area contributed by atoms with Crippen LogP contribution in [0.25, 0.3) is 0 Å². The van der Waals surface area contributed by atoms with E-state index in [0.717, 1.165) is 0 Å². The van der Waals surface area contributed by atoms with Crippen LogP contribution in [0.1, 0.15) is 20.3 Å². The fraction of sp³-hybridized carbons (Fsp3) is 0.429. The highest BCUT2D eigenvalue weighted by molar-refractivity contribution is 5.80. The van der Waals surface area contributed by atoms with Crippen LogP contribution in [0.2, 0.25) is 0 Å². The summed E-state index contributed by atoms with van der Waals surface area (Å²) in [5, 5.41) is 3.17. The van der Waals surface area contributed by atoms with E-state index in [-0.39, 0.29) is 0 Å². The fourth-order valence-corrected chi connectivity index (χ4v) is 0.368. The summed E-state index contributed by atoms with van der Waals surface area (Å²) in [5.74, 6) is -2.96. The third-order valence-electron chi connectivity index (χ3n) is 0.835. The van der Waals surface area contributed by atoms with E-state index < -0.39 is 24.3 Å². The minimum atomic E-state index is -2.52. The molecule has 0 aliphatic rings. The van der Waals surface area contributed by atoms with Crippen molar-refractivity contribution in [2.24, 2.45) is 5.16 Å². The van der Waals surface area contributed by atoms with Gasteiger partial charge in [0.05, 0.1) is 5.71 Å². The molecule has 3 nitrogen and oxygen atoms in total. The zero-order chi connectivity index (χ0) is 10.4. The number of halogens is 3. The molecule has 0 N–H and O–H groups in total. The monoisotopic (exact) mass is 195 g/mol. The molecule has 0 atom stereocenters. The Hall–Kier alpha value is -1.33. The molecule has 13 heavy (non-hydrogen) atoms. The van der Waals surface area contributed by atoms with Crippen LogP contribution in [0, 0.1) is 0 Å². The molecule has 0 aromatic rings. The maximum Gasteiger partial charge on any atom is 0.341 e. The molecular weight excluding hydrogens is 187 g/mol. The van der Waals surface area contributed by atoms with E-state index >= 15 is 0 Å². The van der Waals surface area contributed by atoms with Crippen LogP contribution in [0.3, 0.4) is 0 Å². The number of hydrogen-bond donors (Lipinski definition) is 0. The van der Waals surface area contributed by atoms with Crippen molar-refractivity contribution in [1.29, 1.82) is 0 Å². The minimum absolute atomic E-state index is 0.429. The molecule has 0 bridgehead atoms. The van der Waals surface area contributed by atoms with E-state index in [1.807, 2.05) is 0 Å². The first-order valence-corrected chi connectivity index (χ1v) is 3.34. The maximum atomic E-state index is 12.1. The van der Waals surface area contributed by atoms with Gasteiger partial charge in [0.25, 0.3) is 0 Å². The molecule has 0 spiro atoms. The molecule has 0 amide bonds. The van der Waals surface area contributed by atoms with Gasteiger partial charge in [0, 0.05) is 0 Å². The molecule has 0 unspecified atom stereocenters. The summed E-state index contributed by atoms with van der Waals surface area (Å²) in [6.07, 6.45) is -3.62. The van der Waals surface area contributed by atoms with Crippen molar-refractivity contribution < 1.29 is 22.8 Å². The second kappa shape index (κ2) is 5.34. The Morgan fingerprint density at radius 3 is 2.23 bits per heavy atom. The molecule has 0 aliphatic heterocycles. The van der Waals surface area contributed by atoms with Crippen LogP contribution < -0.4 is 0 Å². The third-order valence-corrected chi connectivity index (χ3v) is 0.835. The highest BCUT2D eigenvalue weighted by Gasteiger charge is 2.12. The summed E-state index contributed by atoms with van der Waals surface area (Å²) >= 11 is 0. The normalized spacial score (nSPS) is 9.00. The Bertz CT molecular complexity index is 252. The van der Waals surface area contributed by atoms with Crippen molar-refractivity contribution in [3.8, 4) is 0 Å². The average Bonchev–Trinajstić information content (AvgIpc) is 2.00. The summed E-state index contributed by atoms with van der Waals surface area (Å²) in [6, 6.07) is 0. The van der Waals surface area contributed by atoms with Crippen LogP contribution in [0.15, 0.2) is 17.1 Å². The molecule has 6 heteroatoms. The fourth-order valence-electron chi connectivity index (χ4n) is 0.368. The number of hydrogen-bond acceptors (Lipinski definition) is 3. The van der Waals surface area contributed by atoms with E-state index in [9.17, 15) is 18.0 Å². The molecule has 0 aromatic heterocycles. The zero-order valence-corrected chi connectivity index (χ0v) is 7.10. The zero-order valence-electron chi connectivity index (χ0n) is 7.10. The van der Waals surface area contributed by atoms with Crippen LogP contribution in [0.5, 0.6) is 0 Å². The second-order valence-corrected chi connectivity index (χ2v) is 2.34. The lowest BCUT2D eigenvalue weighted by atomic mass is 10.4. The Morgan fingerprint density at radius 2 is 1.85 bits per heavy atom. The quantitative estimate of drug-likeness (QED) is 0.394. The van der Waals surface area contributed by atoms with Crippen LogP contribution in [0.4, 0.5) is 13.2 Å². The summed E-state index contributed by atoms with van der Waals surface area (Å²) < 4.78 is 35.0. The van der Waals surface area contributed by atoms with Crippen LogP contribution >= 0.6 is 0 Å². The van der Waals surface area contributed by atoms with Gasteiger partial charge < -0.3 is 4.84 Å². The molecule has 0 heterocycles.